The fourth-order valence-corrected chi connectivity index (χ4v) is 2.95. The first-order chi connectivity index (χ1) is 6.46. The Morgan fingerprint density at radius 3 is 1.29 bits per heavy atom. The van der Waals surface area contributed by atoms with Crippen molar-refractivity contribution in [3.05, 3.63) is 0 Å². The van der Waals surface area contributed by atoms with Crippen molar-refractivity contribution in [2.75, 3.05) is 0 Å². The third kappa shape index (κ3) is 1.13. The van der Waals surface area contributed by atoms with Crippen molar-refractivity contribution < 1.29 is 19.8 Å². The molecule has 0 saturated heterocycles. The third-order valence-corrected chi connectivity index (χ3v) is 3.91. The first kappa shape index (κ1) is 9.49. The molecule has 2 saturated carbocycles. The van der Waals surface area contributed by atoms with Gasteiger partial charge in [0.05, 0.1) is 11.8 Å². The molecule has 4 heteroatoms. The number of carboxylic acids is 2. The zero-order valence-corrected chi connectivity index (χ0v) is 8.18. The Morgan fingerprint density at radius 2 is 1.14 bits per heavy atom. The van der Waals surface area contributed by atoms with Crippen molar-refractivity contribution in [2.45, 2.75) is 13.8 Å². The van der Waals surface area contributed by atoms with E-state index in [1.165, 1.54) is 0 Å². The van der Waals surface area contributed by atoms with E-state index in [4.69, 9.17) is 10.2 Å². The van der Waals surface area contributed by atoms with E-state index in [2.05, 4.69) is 0 Å². The topological polar surface area (TPSA) is 74.6 Å². The smallest absolute Gasteiger partial charge is 0.307 e. The van der Waals surface area contributed by atoms with Gasteiger partial charge in [-0.15, -0.1) is 0 Å². The third-order valence-electron chi connectivity index (χ3n) is 3.91. The van der Waals surface area contributed by atoms with Crippen LogP contribution >= 0.6 is 0 Å². The maximum Gasteiger partial charge on any atom is 0.307 e. The summed E-state index contributed by atoms with van der Waals surface area (Å²) in [6.45, 7) is 3.79. The van der Waals surface area contributed by atoms with Crippen molar-refractivity contribution in [1.82, 2.24) is 0 Å². The number of aliphatic carboxylic acids is 2. The van der Waals surface area contributed by atoms with E-state index in [9.17, 15) is 9.59 Å². The van der Waals surface area contributed by atoms with Crippen molar-refractivity contribution >= 4 is 11.9 Å². The highest BCUT2D eigenvalue weighted by atomic mass is 16.4. The Hall–Kier alpha value is -1.06. The molecule has 0 aliphatic heterocycles. The summed E-state index contributed by atoms with van der Waals surface area (Å²) in [5.74, 6) is -1.63. The molecule has 78 valence electrons. The maximum absolute atomic E-state index is 10.8. The van der Waals surface area contributed by atoms with Crippen LogP contribution in [0.1, 0.15) is 13.8 Å². The van der Waals surface area contributed by atoms with Crippen LogP contribution in [0.25, 0.3) is 0 Å². The second-order valence-corrected chi connectivity index (χ2v) is 4.60. The van der Waals surface area contributed by atoms with E-state index < -0.39 is 11.9 Å². The molecular weight excluding hydrogens is 184 g/mol. The second-order valence-electron chi connectivity index (χ2n) is 4.60. The lowest BCUT2D eigenvalue weighted by molar-refractivity contribution is -0.141. The zero-order valence-electron chi connectivity index (χ0n) is 8.18. The van der Waals surface area contributed by atoms with Gasteiger partial charge < -0.3 is 10.2 Å². The Morgan fingerprint density at radius 1 is 0.857 bits per heavy atom. The number of carboxylic acid groups (broad SMARTS) is 2. The van der Waals surface area contributed by atoms with Crippen molar-refractivity contribution in [3.8, 4) is 0 Å². The highest BCUT2D eigenvalue weighted by Crippen LogP contribution is 2.64. The molecule has 0 aromatic rings. The van der Waals surface area contributed by atoms with Crippen LogP contribution < -0.4 is 0 Å². The molecule has 2 aliphatic carbocycles. The van der Waals surface area contributed by atoms with Gasteiger partial charge in [0, 0.05) is 0 Å². The van der Waals surface area contributed by atoms with Crippen LogP contribution in [0.4, 0.5) is 0 Å². The normalized spacial score (nSPS) is 49.9. The predicted molar refractivity (Wildman–Crippen MR) is 47.6 cm³/mol. The SMILES string of the molecule is CC1C(C(=O)O)C1C1C(C)C1C(=O)O. The van der Waals surface area contributed by atoms with Crippen LogP contribution in [0, 0.1) is 35.5 Å². The molecule has 0 amide bonds. The standard InChI is InChI=1S/C10H14O4/c1-3-5(7(3)9(11)12)6-4(2)8(6)10(13)14/h3-8H,1-2H3,(H,11,12)(H,13,14). The molecule has 2 fully saturated rings. The lowest BCUT2D eigenvalue weighted by Crippen LogP contribution is -2.04. The largest absolute Gasteiger partial charge is 0.481 e. The molecule has 0 aromatic carbocycles. The number of hydrogen-bond acceptors (Lipinski definition) is 2. The van der Waals surface area contributed by atoms with E-state index in [0.717, 1.165) is 0 Å². The summed E-state index contributed by atoms with van der Waals surface area (Å²) in [5, 5.41) is 17.7. The molecule has 0 aromatic heterocycles. The minimum absolute atomic E-state index is 0.101. The first-order valence-corrected chi connectivity index (χ1v) is 4.92. The van der Waals surface area contributed by atoms with Gasteiger partial charge in [-0.05, 0) is 23.7 Å². The summed E-state index contributed by atoms with van der Waals surface area (Å²) >= 11 is 0. The molecule has 0 bridgehead atoms. The first-order valence-electron chi connectivity index (χ1n) is 4.92. The Bertz CT molecular complexity index is 268. The van der Waals surface area contributed by atoms with Gasteiger partial charge in [0.1, 0.15) is 0 Å². The highest BCUT2D eigenvalue weighted by Gasteiger charge is 2.67. The Balaban J connectivity index is 2.01. The lowest BCUT2D eigenvalue weighted by Gasteiger charge is -1.92. The molecular formula is C10H14O4. The van der Waals surface area contributed by atoms with Gasteiger partial charge in [0.25, 0.3) is 0 Å². The van der Waals surface area contributed by atoms with E-state index in [1.54, 1.807) is 0 Å². The van der Waals surface area contributed by atoms with E-state index in [1.807, 2.05) is 13.8 Å². The van der Waals surface area contributed by atoms with Gasteiger partial charge in [-0.1, -0.05) is 13.8 Å². The molecule has 2 N–H and O–H groups in total. The molecule has 0 spiro atoms. The maximum atomic E-state index is 10.8. The quantitative estimate of drug-likeness (QED) is 0.707. The summed E-state index contributed by atoms with van der Waals surface area (Å²) < 4.78 is 0. The number of rotatable bonds is 3. The monoisotopic (exact) mass is 198 g/mol. The van der Waals surface area contributed by atoms with Crippen LogP contribution in [0.2, 0.25) is 0 Å². The highest BCUT2D eigenvalue weighted by molar-refractivity contribution is 5.77. The van der Waals surface area contributed by atoms with Gasteiger partial charge >= 0.3 is 11.9 Å². The molecule has 2 aliphatic rings. The summed E-state index contributed by atoms with van der Waals surface area (Å²) in [5.41, 5.74) is 0. The van der Waals surface area contributed by atoms with Crippen LogP contribution in [0.15, 0.2) is 0 Å². The summed E-state index contributed by atoms with van der Waals surface area (Å²) in [4.78, 5) is 21.5. The van der Waals surface area contributed by atoms with Crippen LogP contribution in [0.5, 0.6) is 0 Å². The average Bonchev–Trinajstić information content (AvgIpc) is 2.86. The van der Waals surface area contributed by atoms with Crippen LogP contribution in [-0.4, -0.2) is 22.2 Å². The van der Waals surface area contributed by atoms with Crippen molar-refractivity contribution in [2.24, 2.45) is 35.5 Å². The van der Waals surface area contributed by atoms with Crippen molar-refractivity contribution in [3.63, 3.8) is 0 Å². The van der Waals surface area contributed by atoms with Gasteiger partial charge in [0.2, 0.25) is 0 Å². The predicted octanol–water partition coefficient (Wildman–Crippen LogP) is 0.920. The van der Waals surface area contributed by atoms with Gasteiger partial charge in [-0.2, -0.15) is 0 Å². The van der Waals surface area contributed by atoms with Crippen LogP contribution in [-0.2, 0) is 9.59 Å². The molecule has 6 atom stereocenters. The minimum atomic E-state index is -0.772. The molecule has 0 heterocycles. The molecule has 4 nitrogen and oxygen atoms in total. The van der Waals surface area contributed by atoms with E-state index in [-0.39, 0.29) is 35.5 Å². The summed E-state index contributed by atoms with van der Waals surface area (Å²) in [6, 6.07) is 0. The number of hydrogen-bond donors (Lipinski definition) is 2. The fourth-order valence-electron chi connectivity index (χ4n) is 2.95. The van der Waals surface area contributed by atoms with E-state index in [0.29, 0.717) is 0 Å². The lowest BCUT2D eigenvalue weighted by atomic mass is 10.1. The Labute approximate surface area is 81.9 Å². The molecule has 2 rings (SSSR count). The minimum Gasteiger partial charge on any atom is -0.481 e. The zero-order chi connectivity index (χ0) is 10.6. The molecule has 6 unspecified atom stereocenters. The van der Waals surface area contributed by atoms with Gasteiger partial charge in [-0.25, -0.2) is 0 Å². The van der Waals surface area contributed by atoms with E-state index >= 15 is 0 Å². The van der Waals surface area contributed by atoms with Gasteiger partial charge in [-0.3, -0.25) is 9.59 Å². The fraction of sp³-hybridized carbons (Fsp3) is 0.800. The average molecular weight is 198 g/mol. The Kier molecular flexibility index (Phi) is 1.84. The summed E-state index contributed by atoms with van der Waals surface area (Å²) in [6.07, 6.45) is 0. The molecule has 14 heavy (non-hydrogen) atoms. The van der Waals surface area contributed by atoms with Gasteiger partial charge in [0.15, 0.2) is 0 Å². The van der Waals surface area contributed by atoms with Crippen LogP contribution in [0.3, 0.4) is 0 Å². The number of carbonyl (C=O) groups is 2. The molecule has 0 radical (unpaired) electrons. The van der Waals surface area contributed by atoms with Crippen molar-refractivity contribution in [1.29, 1.82) is 0 Å². The summed E-state index contributed by atoms with van der Waals surface area (Å²) in [7, 11) is 0. The second kappa shape index (κ2) is 2.72.